The molecule has 1 aromatic carbocycles. The van der Waals surface area contributed by atoms with Gasteiger partial charge >= 0.3 is 0 Å². The van der Waals surface area contributed by atoms with Crippen LogP contribution in [0.3, 0.4) is 0 Å². The van der Waals surface area contributed by atoms with Crippen molar-refractivity contribution in [2.45, 2.75) is 10.9 Å². The number of carbonyl (C=O) groups is 1. The molecule has 0 fully saturated rings. The number of nitrogens with two attached hydrogens (primary N) is 1. The minimum absolute atomic E-state index is 0.0136. The highest BCUT2D eigenvalue weighted by Crippen LogP contribution is 2.24. The van der Waals surface area contributed by atoms with Gasteiger partial charge in [-0.1, -0.05) is 41.3 Å². The SMILES string of the molecule is COc1ccccc1CN(C)C(=O)CSc1nnc(N)s1. The number of aromatic nitrogens is 2. The Balaban J connectivity index is 1.90. The van der Waals surface area contributed by atoms with Gasteiger partial charge in [0.1, 0.15) is 5.75 Å². The standard InChI is InChI=1S/C13H16N4O2S2/c1-17(7-9-5-3-4-6-10(9)19-2)11(18)8-20-13-16-15-12(14)21-13/h3-6H,7-8H2,1-2H3,(H2,14,15). The monoisotopic (exact) mass is 324 g/mol. The molecule has 0 aliphatic heterocycles. The van der Waals surface area contributed by atoms with Crippen molar-refractivity contribution in [3.8, 4) is 5.75 Å². The number of hydrogen-bond acceptors (Lipinski definition) is 7. The summed E-state index contributed by atoms with van der Waals surface area (Å²) in [6.45, 7) is 0.502. The van der Waals surface area contributed by atoms with Gasteiger partial charge in [-0.25, -0.2) is 0 Å². The minimum atomic E-state index is 0.0136. The maximum Gasteiger partial charge on any atom is 0.233 e. The number of rotatable bonds is 6. The normalized spacial score (nSPS) is 10.4. The predicted octanol–water partition coefficient (Wildman–Crippen LogP) is 1.88. The van der Waals surface area contributed by atoms with E-state index in [2.05, 4.69) is 10.2 Å². The molecule has 2 rings (SSSR count). The molecule has 0 unspecified atom stereocenters. The van der Waals surface area contributed by atoms with Gasteiger partial charge in [0.05, 0.1) is 12.9 Å². The van der Waals surface area contributed by atoms with E-state index in [0.717, 1.165) is 11.3 Å². The summed E-state index contributed by atoms with van der Waals surface area (Å²) in [5.74, 6) is 1.10. The summed E-state index contributed by atoms with van der Waals surface area (Å²) in [4.78, 5) is 13.8. The molecular weight excluding hydrogens is 308 g/mol. The lowest BCUT2D eigenvalue weighted by Crippen LogP contribution is -2.27. The van der Waals surface area contributed by atoms with Gasteiger partial charge in [0, 0.05) is 19.2 Å². The van der Waals surface area contributed by atoms with Crippen LogP contribution >= 0.6 is 23.1 Å². The highest BCUT2D eigenvalue weighted by Gasteiger charge is 2.13. The van der Waals surface area contributed by atoms with Crippen LogP contribution in [0.5, 0.6) is 5.75 Å². The Kier molecular flexibility index (Phi) is 5.40. The number of thioether (sulfide) groups is 1. The molecule has 2 aromatic rings. The fraction of sp³-hybridized carbons (Fsp3) is 0.308. The lowest BCUT2D eigenvalue weighted by Gasteiger charge is -2.18. The quantitative estimate of drug-likeness (QED) is 0.817. The molecule has 0 bridgehead atoms. The largest absolute Gasteiger partial charge is 0.496 e. The molecule has 21 heavy (non-hydrogen) atoms. The van der Waals surface area contributed by atoms with Crippen molar-refractivity contribution in [1.82, 2.24) is 15.1 Å². The number of nitrogen functional groups attached to an aromatic ring is 1. The van der Waals surface area contributed by atoms with Gasteiger partial charge in [-0.3, -0.25) is 4.79 Å². The van der Waals surface area contributed by atoms with Gasteiger partial charge in [0.15, 0.2) is 4.34 Å². The summed E-state index contributed by atoms with van der Waals surface area (Å²) in [5, 5.41) is 8.00. The average Bonchev–Trinajstić information content (AvgIpc) is 2.91. The third-order valence-electron chi connectivity index (χ3n) is 2.77. The van der Waals surface area contributed by atoms with Gasteiger partial charge in [-0.2, -0.15) is 0 Å². The van der Waals surface area contributed by atoms with Crippen molar-refractivity contribution in [3.05, 3.63) is 29.8 Å². The smallest absolute Gasteiger partial charge is 0.233 e. The molecule has 0 saturated heterocycles. The van der Waals surface area contributed by atoms with Crippen LogP contribution in [0.4, 0.5) is 5.13 Å². The van der Waals surface area contributed by atoms with Crippen LogP contribution in [0.15, 0.2) is 28.6 Å². The fourth-order valence-electron chi connectivity index (χ4n) is 1.69. The lowest BCUT2D eigenvalue weighted by atomic mass is 10.2. The van der Waals surface area contributed by atoms with Gasteiger partial charge in [-0.15, -0.1) is 10.2 Å². The zero-order valence-corrected chi connectivity index (χ0v) is 13.4. The first-order chi connectivity index (χ1) is 10.1. The van der Waals surface area contributed by atoms with Crippen molar-refractivity contribution >= 4 is 34.1 Å². The number of para-hydroxylation sites is 1. The molecule has 0 aliphatic rings. The second-order valence-electron chi connectivity index (χ2n) is 4.26. The maximum atomic E-state index is 12.1. The summed E-state index contributed by atoms with van der Waals surface area (Å²) in [7, 11) is 3.39. The van der Waals surface area contributed by atoms with Crippen LogP contribution < -0.4 is 10.5 Å². The summed E-state index contributed by atoms with van der Waals surface area (Å²) >= 11 is 2.62. The number of hydrogen-bond donors (Lipinski definition) is 1. The van der Waals surface area contributed by atoms with Crippen molar-refractivity contribution in [1.29, 1.82) is 0 Å². The Morgan fingerprint density at radius 3 is 2.86 bits per heavy atom. The second-order valence-corrected chi connectivity index (χ2v) is 6.49. The minimum Gasteiger partial charge on any atom is -0.496 e. The zero-order valence-electron chi connectivity index (χ0n) is 11.8. The van der Waals surface area contributed by atoms with Crippen molar-refractivity contribution in [3.63, 3.8) is 0 Å². The summed E-state index contributed by atoms with van der Waals surface area (Å²) in [5.41, 5.74) is 6.47. The van der Waals surface area contributed by atoms with Gasteiger partial charge in [0.25, 0.3) is 0 Å². The van der Waals surface area contributed by atoms with E-state index < -0.39 is 0 Å². The average molecular weight is 324 g/mol. The Labute approximate surface area is 131 Å². The molecule has 0 aliphatic carbocycles. The van der Waals surface area contributed by atoms with Crippen LogP contribution in [0, 0.1) is 0 Å². The molecule has 0 radical (unpaired) electrons. The zero-order chi connectivity index (χ0) is 15.2. The Bertz CT molecular complexity index is 618. The molecule has 0 saturated carbocycles. The third kappa shape index (κ3) is 4.33. The number of nitrogens with zero attached hydrogens (tertiary/aromatic N) is 3. The first kappa shape index (κ1) is 15.6. The van der Waals surface area contributed by atoms with Crippen molar-refractivity contribution in [2.75, 3.05) is 25.6 Å². The molecule has 1 amide bonds. The van der Waals surface area contributed by atoms with Gasteiger partial charge < -0.3 is 15.4 Å². The number of ether oxygens (including phenoxy) is 1. The van der Waals surface area contributed by atoms with E-state index in [0.29, 0.717) is 21.8 Å². The van der Waals surface area contributed by atoms with Gasteiger partial charge in [0.2, 0.25) is 11.0 Å². The highest BCUT2D eigenvalue weighted by molar-refractivity contribution is 8.01. The van der Waals surface area contributed by atoms with Crippen molar-refractivity contribution < 1.29 is 9.53 Å². The Morgan fingerprint density at radius 2 is 2.19 bits per heavy atom. The van der Waals surface area contributed by atoms with E-state index in [9.17, 15) is 4.79 Å². The molecule has 0 atom stereocenters. The lowest BCUT2D eigenvalue weighted by molar-refractivity contribution is -0.127. The number of anilines is 1. The van der Waals surface area contributed by atoms with E-state index in [1.54, 1.807) is 19.1 Å². The molecule has 1 aromatic heterocycles. The summed E-state index contributed by atoms with van der Waals surface area (Å²) < 4.78 is 5.98. The van der Waals surface area contributed by atoms with Gasteiger partial charge in [-0.05, 0) is 6.07 Å². The van der Waals surface area contributed by atoms with Crippen LogP contribution in [0.2, 0.25) is 0 Å². The predicted molar refractivity (Wildman–Crippen MR) is 84.5 cm³/mol. The molecule has 8 heteroatoms. The molecular formula is C13H16N4O2S2. The van der Waals surface area contributed by atoms with Crippen LogP contribution in [-0.2, 0) is 11.3 Å². The van der Waals surface area contributed by atoms with E-state index in [1.165, 1.54) is 23.1 Å². The number of benzene rings is 1. The molecule has 6 nitrogen and oxygen atoms in total. The molecule has 1 heterocycles. The van der Waals surface area contributed by atoms with E-state index in [1.807, 2.05) is 24.3 Å². The summed E-state index contributed by atoms with van der Waals surface area (Å²) in [6, 6.07) is 7.66. The number of carbonyl (C=O) groups excluding carboxylic acids is 1. The topological polar surface area (TPSA) is 81.3 Å². The van der Waals surface area contributed by atoms with E-state index >= 15 is 0 Å². The second kappa shape index (κ2) is 7.28. The van der Waals surface area contributed by atoms with E-state index in [4.69, 9.17) is 10.5 Å². The first-order valence-corrected chi connectivity index (χ1v) is 7.98. The first-order valence-electron chi connectivity index (χ1n) is 6.17. The van der Waals surface area contributed by atoms with Crippen LogP contribution in [0.1, 0.15) is 5.56 Å². The Morgan fingerprint density at radius 1 is 1.43 bits per heavy atom. The maximum absolute atomic E-state index is 12.1. The number of methoxy groups -OCH3 is 1. The summed E-state index contributed by atoms with van der Waals surface area (Å²) in [6.07, 6.45) is 0. The van der Waals surface area contributed by atoms with E-state index in [-0.39, 0.29) is 5.91 Å². The fourth-order valence-corrected chi connectivity index (χ4v) is 3.27. The number of amides is 1. The molecule has 112 valence electrons. The third-order valence-corrected chi connectivity index (χ3v) is 4.64. The molecule has 2 N–H and O–H groups in total. The van der Waals surface area contributed by atoms with Crippen LogP contribution in [-0.4, -0.2) is 40.9 Å². The Hall–Kier alpha value is -1.80. The highest BCUT2D eigenvalue weighted by atomic mass is 32.2. The molecule has 0 spiro atoms. The van der Waals surface area contributed by atoms with Crippen LogP contribution in [0.25, 0.3) is 0 Å². The van der Waals surface area contributed by atoms with Crippen molar-refractivity contribution in [2.24, 2.45) is 0 Å².